The average molecular weight is 450 g/mol. The second kappa shape index (κ2) is 9.33. The number of carbonyl (C=O) groups excluding carboxylic acids is 1. The number of nitrogens with two attached hydrogens (primary N) is 1. The zero-order valence-corrected chi connectivity index (χ0v) is 19.1. The number of aryl methyl sites for hydroxylation is 1. The van der Waals surface area contributed by atoms with Crippen molar-refractivity contribution in [2.24, 2.45) is 5.73 Å². The number of phenols is 1. The second-order valence-electron chi connectivity index (χ2n) is 9.06. The van der Waals surface area contributed by atoms with Crippen LogP contribution in [0.25, 0.3) is 10.9 Å². The number of phenolic OH excluding ortho intramolecular Hbond substituents is 1. The molecule has 1 aromatic carbocycles. The van der Waals surface area contributed by atoms with Crippen molar-refractivity contribution < 1.29 is 15.0 Å². The third kappa shape index (κ3) is 5.23. The molecule has 33 heavy (non-hydrogen) atoms. The van der Waals surface area contributed by atoms with E-state index in [9.17, 15) is 15.0 Å². The average Bonchev–Trinajstić information content (AvgIpc) is 2.79. The van der Waals surface area contributed by atoms with Gasteiger partial charge in [-0.2, -0.15) is 0 Å². The van der Waals surface area contributed by atoms with E-state index in [4.69, 9.17) is 5.73 Å². The van der Waals surface area contributed by atoms with Crippen molar-refractivity contribution in [3.05, 3.63) is 60.0 Å². The minimum absolute atomic E-state index is 0.176. The zero-order chi connectivity index (χ0) is 23.6. The van der Waals surface area contributed by atoms with Crippen LogP contribution in [0.3, 0.4) is 0 Å². The summed E-state index contributed by atoms with van der Waals surface area (Å²) in [5.41, 5.74) is 8.99. The lowest BCUT2D eigenvalue weighted by molar-refractivity contribution is -0.135. The van der Waals surface area contributed by atoms with Crippen LogP contribution in [0.15, 0.2) is 48.8 Å². The lowest BCUT2D eigenvalue weighted by Crippen LogP contribution is -2.54. The van der Waals surface area contributed by atoms with Gasteiger partial charge in [0.2, 0.25) is 5.91 Å². The number of hydrogen-bond acceptors (Lipinski definition) is 7. The van der Waals surface area contributed by atoms with Crippen LogP contribution in [0, 0.1) is 6.92 Å². The molecule has 2 aromatic heterocycles. The molecule has 3 heterocycles. The summed E-state index contributed by atoms with van der Waals surface area (Å²) in [5, 5.41) is 21.6. The molecule has 1 fully saturated rings. The molecule has 3 aromatic rings. The first-order chi connectivity index (χ1) is 15.7. The number of benzene rings is 1. The van der Waals surface area contributed by atoms with Gasteiger partial charge in [-0.05, 0) is 56.0 Å². The third-order valence-corrected chi connectivity index (χ3v) is 6.37. The van der Waals surface area contributed by atoms with E-state index in [1.807, 2.05) is 19.2 Å². The third-order valence-electron chi connectivity index (χ3n) is 6.37. The van der Waals surface area contributed by atoms with Crippen LogP contribution >= 0.6 is 0 Å². The van der Waals surface area contributed by atoms with Gasteiger partial charge in [0.25, 0.3) is 0 Å². The number of aliphatic hydroxyl groups is 1. The van der Waals surface area contributed by atoms with Crippen molar-refractivity contribution in [3.8, 4) is 5.75 Å². The molecule has 0 bridgehead atoms. The highest BCUT2D eigenvalue weighted by Gasteiger charge is 2.35. The van der Waals surface area contributed by atoms with E-state index in [0.29, 0.717) is 32.4 Å². The number of rotatable bonds is 6. The van der Waals surface area contributed by atoms with Crippen molar-refractivity contribution >= 4 is 22.5 Å². The first-order valence-corrected chi connectivity index (χ1v) is 11.2. The molecule has 0 radical (unpaired) electrons. The number of pyridine rings is 2. The summed E-state index contributed by atoms with van der Waals surface area (Å²) in [4.78, 5) is 25.4. The molecular weight excluding hydrogens is 418 g/mol. The van der Waals surface area contributed by atoms with E-state index >= 15 is 0 Å². The number of aromatic hydroxyl groups is 1. The summed E-state index contributed by atoms with van der Waals surface area (Å²) < 4.78 is 0. The van der Waals surface area contributed by atoms with Crippen LogP contribution in [-0.2, 0) is 11.2 Å². The van der Waals surface area contributed by atoms with Gasteiger partial charge in [0.05, 0.1) is 17.2 Å². The Balaban J connectivity index is 1.37. The van der Waals surface area contributed by atoms with Crippen LogP contribution in [0.4, 0.5) is 5.69 Å². The summed E-state index contributed by atoms with van der Waals surface area (Å²) in [6, 6.07) is 9.94. The van der Waals surface area contributed by atoms with Crippen molar-refractivity contribution in [2.45, 2.75) is 37.8 Å². The summed E-state index contributed by atoms with van der Waals surface area (Å²) in [6.07, 6.45) is 5.03. The number of carbonyl (C=O) groups is 1. The Hall–Kier alpha value is -3.23. The van der Waals surface area contributed by atoms with E-state index in [1.54, 1.807) is 37.5 Å². The number of hydrogen-bond donors (Lipinski definition) is 3. The Morgan fingerprint density at radius 1 is 1.24 bits per heavy atom. The van der Waals surface area contributed by atoms with Gasteiger partial charge in [-0.3, -0.25) is 14.8 Å². The Morgan fingerprint density at radius 2 is 1.94 bits per heavy atom. The van der Waals surface area contributed by atoms with Gasteiger partial charge in [-0.1, -0.05) is 12.1 Å². The standard InChI is InChI=1S/C25H31N5O3/c1-17-13-23(20-15-27-10-7-22(20)28-17)30-11-8-25(33,9-12-30)16-29(2)24(32)21(26)14-18-3-5-19(31)6-4-18/h3-7,10,13,15,21,31,33H,8-9,11-12,14,16,26H2,1-2H3/t21-/m0/s1. The quantitative estimate of drug-likeness (QED) is 0.527. The first-order valence-electron chi connectivity index (χ1n) is 11.2. The highest BCUT2D eigenvalue weighted by molar-refractivity contribution is 5.91. The van der Waals surface area contributed by atoms with Crippen LogP contribution in [0.5, 0.6) is 5.75 Å². The fourth-order valence-corrected chi connectivity index (χ4v) is 4.54. The van der Waals surface area contributed by atoms with Gasteiger partial charge in [0.15, 0.2) is 0 Å². The zero-order valence-electron chi connectivity index (χ0n) is 19.1. The smallest absolute Gasteiger partial charge is 0.239 e. The van der Waals surface area contributed by atoms with E-state index in [0.717, 1.165) is 27.8 Å². The maximum atomic E-state index is 12.8. The molecule has 0 aliphatic carbocycles. The minimum Gasteiger partial charge on any atom is -0.508 e. The van der Waals surface area contributed by atoms with Crippen molar-refractivity contribution in [3.63, 3.8) is 0 Å². The van der Waals surface area contributed by atoms with Crippen molar-refractivity contribution in [1.82, 2.24) is 14.9 Å². The molecule has 8 heteroatoms. The molecule has 4 rings (SSSR count). The summed E-state index contributed by atoms with van der Waals surface area (Å²) in [7, 11) is 1.69. The fourth-order valence-electron chi connectivity index (χ4n) is 4.54. The number of aromatic nitrogens is 2. The van der Waals surface area contributed by atoms with Crippen LogP contribution in [-0.4, -0.2) is 69.3 Å². The van der Waals surface area contributed by atoms with Crippen molar-refractivity contribution in [1.29, 1.82) is 0 Å². The number of nitrogens with zero attached hydrogens (tertiary/aromatic N) is 4. The molecule has 1 aliphatic rings. The molecule has 8 nitrogen and oxygen atoms in total. The molecule has 0 saturated carbocycles. The molecule has 1 atom stereocenters. The summed E-state index contributed by atoms with van der Waals surface area (Å²) in [5.74, 6) is -0.0312. The van der Waals surface area contributed by atoms with Crippen LogP contribution in [0.1, 0.15) is 24.1 Å². The topological polar surface area (TPSA) is 116 Å². The highest BCUT2D eigenvalue weighted by atomic mass is 16.3. The van der Waals surface area contributed by atoms with Crippen LogP contribution in [0.2, 0.25) is 0 Å². The molecule has 0 unspecified atom stereocenters. The Morgan fingerprint density at radius 3 is 2.64 bits per heavy atom. The first kappa shape index (κ1) is 22.9. The Labute approximate surface area is 193 Å². The monoisotopic (exact) mass is 449 g/mol. The molecule has 4 N–H and O–H groups in total. The number of fused-ring (bicyclic) bond motifs is 1. The van der Waals surface area contributed by atoms with E-state index < -0.39 is 11.6 Å². The lowest BCUT2D eigenvalue weighted by atomic mass is 9.90. The predicted octanol–water partition coefficient (Wildman–Crippen LogP) is 2.00. The number of piperidine rings is 1. The van der Waals surface area contributed by atoms with Gasteiger partial charge in [0, 0.05) is 55.8 Å². The summed E-state index contributed by atoms with van der Waals surface area (Å²) in [6.45, 7) is 3.56. The Bertz CT molecular complexity index is 1130. The van der Waals surface area contributed by atoms with Gasteiger partial charge in [-0.15, -0.1) is 0 Å². The molecule has 174 valence electrons. The lowest BCUT2D eigenvalue weighted by Gasteiger charge is -2.41. The SMILES string of the molecule is Cc1cc(N2CCC(O)(CN(C)C(=O)[C@@H](N)Cc3ccc(O)cc3)CC2)c2cnccc2n1. The predicted molar refractivity (Wildman–Crippen MR) is 128 cm³/mol. The van der Waals surface area contributed by atoms with E-state index in [-0.39, 0.29) is 18.2 Å². The normalized spacial score (nSPS) is 16.5. The van der Waals surface area contributed by atoms with Crippen LogP contribution < -0.4 is 10.6 Å². The maximum Gasteiger partial charge on any atom is 0.239 e. The van der Waals surface area contributed by atoms with Gasteiger partial charge >= 0.3 is 0 Å². The van der Waals surface area contributed by atoms with E-state index in [2.05, 4.69) is 20.9 Å². The number of likely N-dealkylation sites (N-methyl/N-ethyl adjacent to an activating group) is 1. The van der Waals surface area contributed by atoms with Crippen molar-refractivity contribution in [2.75, 3.05) is 31.6 Å². The number of amides is 1. The van der Waals surface area contributed by atoms with E-state index in [1.165, 1.54) is 4.90 Å². The largest absolute Gasteiger partial charge is 0.508 e. The molecule has 0 spiro atoms. The molecule has 1 saturated heterocycles. The fraction of sp³-hybridized carbons (Fsp3) is 0.400. The number of anilines is 1. The van der Waals surface area contributed by atoms with Gasteiger partial charge < -0.3 is 25.7 Å². The Kier molecular flexibility index (Phi) is 6.49. The minimum atomic E-state index is -0.963. The molecular formula is C25H31N5O3. The second-order valence-corrected chi connectivity index (χ2v) is 9.06. The summed E-state index contributed by atoms with van der Waals surface area (Å²) >= 11 is 0. The highest BCUT2D eigenvalue weighted by Crippen LogP contribution is 2.31. The van der Waals surface area contributed by atoms with Gasteiger partial charge in [-0.25, -0.2) is 0 Å². The molecule has 1 amide bonds. The van der Waals surface area contributed by atoms with Gasteiger partial charge in [0.1, 0.15) is 5.75 Å². The maximum absolute atomic E-state index is 12.8. The molecule has 1 aliphatic heterocycles.